The Morgan fingerprint density at radius 1 is 0.900 bits per heavy atom. The Bertz CT molecular complexity index is 943. The molecule has 0 amide bonds. The summed E-state index contributed by atoms with van der Waals surface area (Å²) in [5.74, 6) is 1.26. The van der Waals surface area contributed by atoms with Crippen molar-refractivity contribution in [1.82, 2.24) is 5.32 Å². The molecule has 0 spiro atoms. The first-order valence-corrected chi connectivity index (χ1v) is 10.9. The monoisotopic (exact) mass is 471 g/mol. The van der Waals surface area contributed by atoms with Crippen molar-refractivity contribution in [3.8, 4) is 11.5 Å². The molecule has 3 nitrogen and oxygen atoms in total. The molecule has 0 fully saturated rings. The van der Waals surface area contributed by atoms with Crippen LogP contribution in [0.1, 0.15) is 29.2 Å². The second kappa shape index (κ2) is 11.1. The number of hydrogen-bond acceptors (Lipinski definition) is 3. The molecular formula is C25H27BrFNO2. The number of aryl methyl sites for hydroxylation is 1. The molecule has 30 heavy (non-hydrogen) atoms. The molecule has 3 aromatic carbocycles. The zero-order valence-corrected chi connectivity index (χ0v) is 19.0. The van der Waals surface area contributed by atoms with Gasteiger partial charge in [-0.2, -0.15) is 0 Å². The molecule has 0 saturated carbocycles. The van der Waals surface area contributed by atoms with Crippen LogP contribution in [0, 0.1) is 12.7 Å². The standard InChI is InChI=1S/C25H27BrFNO2/c1-3-29-24-14-21(16-28-13-12-19-8-10-22(27)11-9-19)23(26)15-25(24)30-17-20-6-4-18(2)5-7-20/h4-11,14-15,28H,3,12-13,16-17H2,1-2H3. The van der Waals surface area contributed by atoms with Crippen LogP contribution in [-0.2, 0) is 19.6 Å². The number of benzene rings is 3. The zero-order valence-electron chi connectivity index (χ0n) is 17.4. The predicted octanol–water partition coefficient (Wildman–Crippen LogP) is 6.21. The van der Waals surface area contributed by atoms with E-state index in [0.717, 1.165) is 45.6 Å². The van der Waals surface area contributed by atoms with Gasteiger partial charge in [-0.15, -0.1) is 0 Å². The van der Waals surface area contributed by atoms with E-state index in [1.165, 1.54) is 17.7 Å². The Balaban J connectivity index is 1.60. The Labute approximate surface area is 186 Å². The molecule has 0 aromatic heterocycles. The van der Waals surface area contributed by atoms with Gasteiger partial charge in [0.2, 0.25) is 0 Å². The predicted molar refractivity (Wildman–Crippen MR) is 123 cm³/mol. The first kappa shape index (κ1) is 22.3. The lowest BCUT2D eigenvalue weighted by Crippen LogP contribution is -2.17. The van der Waals surface area contributed by atoms with E-state index in [0.29, 0.717) is 19.8 Å². The minimum absolute atomic E-state index is 0.205. The molecule has 3 rings (SSSR count). The fraction of sp³-hybridized carbons (Fsp3) is 0.280. The molecular weight excluding hydrogens is 445 g/mol. The summed E-state index contributed by atoms with van der Waals surface area (Å²) in [6.07, 6.45) is 0.841. The van der Waals surface area contributed by atoms with Gasteiger partial charge in [0.25, 0.3) is 0 Å². The molecule has 0 radical (unpaired) electrons. The summed E-state index contributed by atoms with van der Waals surface area (Å²) in [5, 5.41) is 3.44. The van der Waals surface area contributed by atoms with Crippen molar-refractivity contribution in [2.45, 2.75) is 33.4 Å². The summed E-state index contributed by atoms with van der Waals surface area (Å²) in [4.78, 5) is 0. The lowest BCUT2D eigenvalue weighted by molar-refractivity contribution is 0.269. The van der Waals surface area contributed by atoms with E-state index in [-0.39, 0.29) is 5.82 Å². The molecule has 158 valence electrons. The van der Waals surface area contributed by atoms with Crippen molar-refractivity contribution in [1.29, 1.82) is 0 Å². The van der Waals surface area contributed by atoms with Crippen LogP contribution in [0.2, 0.25) is 0 Å². The molecule has 0 aliphatic heterocycles. The van der Waals surface area contributed by atoms with Gasteiger partial charge in [0, 0.05) is 11.0 Å². The van der Waals surface area contributed by atoms with Gasteiger partial charge in [0.05, 0.1) is 6.61 Å². The second-order valence-corrected chi connectivity index (χ2v) is 8.01. The van der Waals surface area contributed by atoms with E-state index in [1.807, 2.05) is 31.2 Å². The van der Waals surface area contributed by atoms with Gasteiger partial charge in [-0.1, -0.05) is 57.9 Å². The largest absolute Gasteiger partial charge is 0.490 e. The maximum absolute atomic E-state index is 13.0. The number of rotatable bonds is 10. The van der Waals surface area contributed by atoms with Gasteiger partial charge in [-0.25, -0.2) is 4.39 Å². The van der Waals surface area contributed by atoms with Crippen molar-refractivity contribution in [2.75, 3.05) is 13.2 Å². The van der Waals surface area contributed by atoms with Crippen LogP contribution in [-0.4, -0.2) is 13.2 Å². The lowest BCUT2D eigenvalue weighted by atomic mass is 10.1. The molecule has 0 unspecified atom stereocenters. The van der Waals surface area contributed by atoms with Crippen LogP contribution < -0.4 is 14.8 Å². The highest BCUT2D eigenvalue weighted by Gasteiger charge is 2.11. The molecule has 0 aliphatic rings. The molecule has 5 heteroatoms. The Morgan fingerprint density at radius 2 is 1.57 bits per heavy atom. The molecule has 0 atom stereocenters. The van der Waals surface area contributed by atoms with E-state index >= 15 is 0 Å². The number of ether oxygens (including phenoxy) is 2. The normalized spacial score (nSPS) is 10.8. The average molecular weight is 472 g/mol. The maximum Gasteiger partial charge on any atom is 0.162 e. The molecule has 0 bridgehead atoms. The third-order valence-corrected chi connectivity index (χ3v) is 5.48. The maximum atomic E-state index is 13.0. The van der Waals surface area contributed by atoms with Crippen molar-refractivity contribution in [3.05, 3.63) is 93.2 Å². The van der Waals surface area contributed by atoms with E-state index in [4.69, 9.17) is 9.47 Å². The quantitative estimate of drug-likeness (QED) is 0.356. The zero-order chi connectivity index (χ0) is 21.3. The third-order valence-electron chi connectivity index (χ3n) is 4.75. The van der Waals surface area contributed by atoms with Crippen molar-refractivity contribution in [2.24, 2.45) is 0 Å². The van der Waals surface area contributed by atoms with Gasteiger partial charge in [0.1, 0.15) is 12.4 Å². The molecule has 0 heterocycles. The van der Waals surface area contributed by atoms with Gasteiger partial charge in [-0.05, 0) is 67.8 Å². The summed E-state index contributed by atoms with van der Waals surface area (Å²) >= 11 is 3.66. The number of hydrogen-bond donors (Lipinski definition) is 1. The highest BCUT2D eigenvalue weighted by atomic mass is 79.9. The number of nitrogens with one attached hydrogen (secondary N) is 1. The van der Waals surface area contributed by atoms with Crippen molar-refractivity contribution >= 4 is 15.9 Å². The van der Waals surface area contributed by atoms with Crippen LogP contribution in [0.25, 0.3) is 0 Å². The average Bonchev–Trinajstić information content (AvgIpc) is 2.74. The molecule has 0 saturated heterocycles. The smallest absolute Gasteiger partial charge is 0.162 e. The van der Waals surface area contributed by atoms with E-state index in [9.17, 15) is 4.39 Å². The second-order valence-electron chi connectivity index (χ2n) is 7.15. The van der Waals surface area contributed by atoms with Gasteiger partial charge in [0.15, 0.2) is 11.5 Å². The van der Waals surface area contributed by atoms with E-state index in [1.54, 1.807) is 0 Å². The summed E-state index contributed by atoms with van der Waals surface area (Å²) in [7, 11) is 0. The lowest BCUT2D eigenvalue weighted by Gasteiger charge is -2.16. The van der Waals surface area contributed by atoms with Crippen LogP contribution in [0.15, 0.2) is 65.1 Å². The third kappa shape index (κ3) is 6.57. The van der Waals surface area contributed by atoms with Gasteiger partial charge in [-0.3, -0.25) is 0 Å². The Morgan fingerprint density at radius 3 is 2.27 bits per heavy atom. The first-order valence-electron chi connectivity index (χ1n) is 10.1. The van der Waals surface area contributed by atoms with E-state index < -0.39 is 0 Å². The summed E-state index contributed by atoms with van der Waals surface area (Å²) in [6, 6.07) is 18.9. The summed E-state index contributed by atoms with van der Waals surface area (Å²) in [6.45, 7) is 6.59. The fourth-order valence-corrected chi connectivity index (χ4v) is 3.51. The van der Waals surface area contributed by atoms with Gasteiger partial charge >= 0.3 is 0 Å². The molecule has 1 N–H and O–H groups in total. The Kier molecular flexibility index (Phi) is 8.29. The summed E-state index contributed by atoms with van der Waals surface area (Å²) in [5.41, 5.74) is 4.55. The highest BCUT2D eigenvalue weighted by Crippen LogP contribution is 2.34. The molecule has 3 aromatic rings. The van der Waals surface area contributed by atoms with Crippen LogP contribution in [0.5, 0.6) is 11.5 Å². The highest BCUT2D eigenvalue weighted by molar-refractivity contribution is 9.10. The van der Waals surface area contributed by atoms with E-state index in [2.05, 4.69) is 52.4 Å². The summed E-state index contributed by atoms with van der Waals surface area (Å²) < 4.78 is 25.8. The van der Waals surface area contributed by atoms with Crippen LogP contribution >= 0.6 is 15.9 Å². The van der Waals surface area contributed by atoms with Gasteiger partial charge < -0.3 is 14.8 Å². The minimum atomic E-state index is -0.205. The van der Waals surface area contributed by atoms with Crippen molar-refractivity contribution in [3.63, 3.8) is 0 Å². The van der Waals surface area contributed by atoms with Crippen LogP contribution in [0.4, 0.5) is 4.39 Å². The Hall–Kier alpha value is -2.37. The molecule has 0 aliphatic carbocycles. The minimum Gasteiger partial charge on any atom is -0.490 e. The topological polar surface area (TPSA) is 30.5 Å². The van der Waals surface area contributed by atoms with Crippen molar-refractivity contribution < 1.29 is 13.9 Å². The first-order chi connectivity index (χ1) is 14.5. The fourth-order valence-electron chi connectivity index (χ4n) is 3.05. The number of halogens is 2. The SMILES string of the molecule is CCOc1cc(CNCCc2ccc(F)cc2)c(Br)cc1OCc1ccc(C)cc1. The van der Waals surface area contributed by atoms with Crippen LogP contribution in [0.3, 0.4) is 0 Å².